The molecular formula is C29H39N3O5S. The van der Waals surface area contributed by atoms with E-state index >= 15 is 0 Å². The summed E-state index contributed by atoms with van der Waals surface area (Å²) in [7, 11) is 0. The van der Waals surface area contributed by atoms with Crippen molar-refractivity contribution in [1.29, 1.82) is 0 Å². The number of thioether (sulfide) groups is 1. The molecule has 3 amide bonds. The molecule has 3 atom stereocenters. The third kappa shape index (κ3) is 7.74. The van der Waals surface area contributed by atoms with Crippen LogP contribution in [0.2, 0.25) is 0 Å². The van der Waals surface area contributed by atoms with Gasteiger partial charge in [-0.05, 0) is 50.3 Å². The van der Waals surface area contributed by atoms with Crippen molar-refractivity contribution in [2.45, 2.75) is 76.4 Å². The van der Waals surface area contributed by atoms with Gasteiger partial charge in [-0.3, -0.25) is 9.59 Å². The monoisotopic (exact) mass is 541 g/mol. The molecule has 1 saturated heterocycles. The molecule has 9 heteroatoms. The van der Waals surface area contributed by atoms with Crippen molar-refractivity contribution in [3.8, 4) is 0 Å². The van der Waals surface area contributed by atoms with Crippen molar-refractivity contribution in [2.24, 2.45) is 0 Å². The third-order valence-corrected chi connectivity index (χ3v) is 8.13. The normalized spacial score (nSPS) is 17.9. The average Bonchev–Trinajstić information content (AvgIpc) is 3.22. The summed E-state index contributed by atoms with van der Waals surface area (Å²) in [6.45, 7) is 8.40. The van der Waals surface area contributed by atoms with E-state index in [2.05, 4.69) is 10.6 Å². The van der Waals surface area contributed by atoms with Crippen LogP contribution >= 0.6 is 11.8 Å². The zero-order valence-electron chi connectivity index (χ0n) is 22.6. The van der Waals surface area contributed by atoms with Crippen LogP contribution in [0, 0.1) is 6.92 Å². The van der Waals surface area contributed by atoms with Gasteiger partial charge in [0.1, 0.15) is 6.04 Å². The number of carbonyl (C=O) groups excluding carboxylic acids is 3. The van der Waals surface area contributed by atoms with Crippen molar-refractivity contribution < 1.29 is 24.2 Å². The molecule has 3 N–H and O–H groups in total. The van der Waals surface area contributed by atoms with Crippen molar-refractivity contribution >= 4 is 29.7 Å². The first-order chi connectivity index (χ1) is 18.1. The van der Waals surface area contributed by atoms with Crippen LogP contribution in [0.15, 0.2) is 54.6 Å². The zero-order valence-corrected chi connectivity index (χ0v) is 23.4. The lowest BCUT2D eigenvalue weighted by atomic mass is 9.97. The van der Waals surface area contributed by atoms with Crippen LogP contribution in [0.4, 0.5) is 4.79 Å². The predicted octanol–water partition coefficient (Wildman–Crippen LogP) is 3.79. The van der Waals surface area contributed by atoms with E-state index in [0.717, 1.165) is 29.5 Å². The largest absolute Gasteiger partial charge is 0.450 e. The third-order valence-electron chi connectivity index (χ3n) is 6.76. The van der Waals surface area contributed by atoms with Crippen LogP contribution < -0.4 is 10.6 Å². The van der Waals surface area contributed by atoms with Crippen LogP contribution in [-0.4, -0.2) is 63.3 Å². The van der Waals surface area contributed by atoms with Crippen molar-refractivity contribution in [3.63, 3.8) is 0 Å². The number of hydrogen-bond donors (Lipinski definition) is 3. The molecule has 0 radical (unpaired) electrons. The Morgan fingerprint density at radius 3 is 2.50 bits per heavy atom. The molecule has 0 bridgehead atoms. The Balaban J connectivity index is 1.76. The van der Waals surface area contributed by atoms with Gasteiger partial charge in [-0.1, -0.05) is 67.9 Å². The second kappa shape index (κ2) is 13.7. The lowest BCUT2D eigenvalue weighted by molar-refractivity contribution is -0.147. The van der Waals surface area contributed by atoms with Gasteiger partial charge in [0.2, 0.25) is 5.91 Å². The summed E-state index contributed by atoms with van der Waals surface area (Å²) in [6.07, 6.45) is -0.426. The van der Waals surface area contributed by atoms with Gasteiger partial charge in [0.05, 0.1) is 18.5 Å². The summed E-state index contributed by atoms with van der Waals surface area (Å²) in [5, 5.41) is 16.9. The predicted molar refractivity (Wildman–Crippen MR) is 150 cm³/mol. The number of carbonyl (C=O) groups is 3. The Morgan fingerprint density at radius 2 is 1.82 bits per heavy atom. The molecule has 3 rings (SSSR count). The Kier molecular flexibility index (Phi) is 10.6. The van der Waals surface area contributed by atoms with Crippen LogP contribution in [0.5, 0.6) is 0 Å². The quantitative estimate of drug-likeness (QED) is 0.374. The first-order valence-corrected chi connectivity index (χ1v) is 14.0. The van der Waals surface area contributed by atoms with Crippen molar-refractivity contribution in [2.75, 3.05) is 12.5 Å². The number of nitrogens with zero attached hydrogens (tertiary/aromatic N) is 1. The number of aryl methyl sites for hydroxylation is 1. The maximum atomic E-state index is 13.6. The summed E-state index contributed by atoms with van der Waals surface area (Å²) in [4.78, 5) is 40.9. The van der Waals surface area contributed by atoms with Crippen LogP contribution in [0.25, 0.3) is 0 Å². The molecule has 0 spiro atoms. The van der Waals surface area contributed by atoms with Gasteiger partial charge < -0.3 is 25.4 Å². The molecule has 2 aromatic rings. The molecule has 0 saturated carbocycles. The van der Waals surface area contributed by atoms with Gasteiger partial charge in [0, 0.05) is 11.3 Å². The number of rotatable bonds is 11. The van der Waals surface area contributed by atoms with Crippen LogP contribution in [-0.2, 0) is 27.3 Å². The number of unbranched alkanes of at least 4 members (excludes halogenated alkanes) is 1. The van der Waals surface area contributed by atoms with E-state index in [1.54, 1.807) is 0 Å². The molecule has 38 heavy (non-hydrogen) atoms. The summed E-state index contributed by atoms with van der Waals surface area (Å²) in [6, 6.07) is 15.4. The number of aliphatic hydroxyl groups is 1. The van der Waals surface area contributed by atoms with E-state index in [1.165, 1.54) is 16.7 Å². The molecule has 0 aliphatic carbocycles. The lowest BCUT2D eigenvalue weighted by Gasteiger charge is -2.33. The average molecular weight is 542 g/mol. The standard InChI is InChI=1S/C29H39N3O5S/c1-5-6-16-37-28(36)31-23(17-21-13-8-7-9-14-21)24(33)27(35)32-19-38-29(3,4)25(32)26(34)30-18-22-15-11-10-12-20(22)2/h7-15,23-25,33H,5-6,16-19H2,1-4H3,(H,30,34)(H,31,36). The Morgan fingerprint density at radius 1 is 1.13 bits per heavy atom. The highest BCUT2D eigenvalue weighted by molar-refractivity contribution is 8.00. The van der Waals surface area contributed by atoms with Gasteiger partial charge in [0.25, 0.3) is 5.91 Å². The van der Waals surface area contributed by atoms with Crippen LogP contribution in [0.1, 0.15) is 50.3 Å². The number of ether oxygens (including phenoxy) is 1. The first-order valence-electron chi connectivity index (χ1n) is 13.1. The maximum absolute atomic E-state index is 13.6. The van der Waals surface area contributed by atoms with Gasteiger partial charge in [-0.15, -0.1) is 11.8 Å². The highest BCUT2D eigenvalue weighted by Gasteiger charge is 2.49. The van der Waals surface area contributed by atoms with Crippen molar-refractivity contribution in [3.05, 3.63) is 71.3 Å². The van der Waals surface area contributed by atoms with E-state index in [0.29, 0.717) is 6.54 Å². The van der Waals surface area contributed by atoms with Gasteiger partial charge in [-0.2, -0.15) is 0 Å². The number of hydrogen-bond acceptors (Lipinski definition) is 6. The number of nitrogens with one attached hydrogen (secondary N) is 2. The second-order valence-corrected chi connectivity index (χ2v) is 11.7. The lowest BCUT2D eigenvalue weighted by Crippen LogP contribution is -2.58. The van der Waals surface area contributed by atoms with Crippen molar-refractivity contribution in [1.82, 2.24) is 15.5 Å². The highest BCUT2D eigenvalue weighted by Crippen LogP contribution is 2.40. The SMILES string of the molecule is CCCCOC(=O)NC(Cc1ccccc1)C(O)C(=O)N1CSC(C)(C)C1C(=O)NCc1ccccc1C. The molecule has 1 fully saturated rings. The van der Waals surface area contributed by atoms with E-state index in [1.807, 2.05) is 82.3 Å². The van der Waals surface area contributed by atoms with E-state index in [4.69, 9.17) is 4.74 Å². The fraction of sp³-hybridized carbons (Fsp3) is 0.483. The molecule has 1 heterocycles. The van der Waals surface area contributed by atoms with E-state index in [-0.39, 0.29) is 24.8 Å². The number of amides is 3. The molecule has 1 aliphatic rings. The first kappa shape index (κ1) is 29.5. The highest BCUT2D eigenvalue weighted by atomic mass is 32.2. The van der Waals surface area contributed by atoms with Gasteiger partial charge >= 0.3 is 6.09 Å². The minimum absolute atomic E-state index is 0.227. The number of aliphatic hydroxyl groups excluding tert-OH is 1. The Labute approximate surface area is 229 Å². The number of benzene rings is 2. The molecule has 206 valence electrons. The molecule has 2 aromatic carbocycles. The smallest absolute Gasteiger partial charge is 0.407 e. The second-order valence-electron chi connectivity index (χ2n) is 10.1. The zero-order chi connectivity index (χ0) is 27.7. The van der Waals surface area contributed by atoms with E-state index < -0.39 is 34.9 Å². The molecule has 8 nitrogen and oxygen atoms in total. The fourth-order valence-electron chi connectivity index (χ4n) is 4.45. The van der Waals surface area contributed by atoms with E-state index in [9.17, 15) is 19.5 Å². The summed E-state index contributed by atoms with van der Waals surface area (Å²) >= 11 is 1.48. The summed E-state index contributed by atoms with van der Waals surface area (Å²) in [5.41, 5.74) is 2.91. The maximum Gasteiger partial charge on any atom is 0.407 e. The molecule has 3 unspecified atom stereocenters. The molecule has 1 aliphatic heterocycles. The number of alkyl carbamates (subject to hydrolysis) is 1. The molecule has 0 aromatic heterocycles. The fourth-order valence-corrected chi connectivity index (χ4v) is 5.59. The Bertz CT molecular complexity index is 1090. The molecular weight excluding hydrogens is 502 g/mol. The Hall–Kier alpha value is -3.04. The topological polar surface area (TPSA) is 108 Å². The van der Waals surface area contributed by atoms with Gasteiger partial charge in [0.15, 0.2) is 6.10 Å². The summed E-state index contributed by atoms with van der Waals surface area (Å²) < 4.78 is 4.66. The summed E-state index contributed by atoms with van der Waals surface area (Å²) in [5.74, 6) is -0.631. The minimum atomic E-state index is -1.56. The minimum Gasteiger partial charge on any atom is -0.450 e. The van der Waals surface area contributed by atoms with Crippen LogP contribution in [0.3, 0.4) is 0 Å². The van der Waals surface area contributed by atoms with Gasteiger partial charge in [-0.25, -0.2) is 4.79 Å².